The summed E-state index contributed by atoms with van der Waals surface area (Å²) in [7, 11) is 3.10. The predicted molar refractivity (Wildman–Crippen MR) is 116 cm³/mol. The number of hydrogen-bond donors (Lipinski definition) is 1. The van der Waals surface area contributed by atoms with Crippen molar-refractivity contribution in [1.29, 1.82) is 5.26 Å². The molecule has 0 saturated carbocycles. The van der Waals surface area contributed by atoms with Crippen molar-refractivity contribution in [2.24, 2.45) is 0 Å². The molecule has 0 radical (unpaired) electrons. The largest absolute Gasteiger partial charge is 0.493 e. The zero-order chi connectivity index (χ0) is 23.8. The summed E-state index contributed by atoms with van der Waals surface area (Å²) in [6.07, 6.45) is 3.23. The first-order valence-electron chi connectivity index (χ1n) is 10.2. The van der Waals surface area contributed by atoms with Gasteiger partial charge in [0.05, 0.1) is 33.4 Å². The van der Waals surface area contributed by atoms with Crippen molar-refractivity contribution in [2.45, 2.75) is 18.6 Å². The van der Waals surface area contributed by atoms with Gasteiger partial charge in [-0.1, -0.05) is 12.1 Å². The average Bonchev–Trinajstić information content (AvgIpc) is 3.29. The van der Waals surface area contributed by atoms with Crippen LogP contribution in [-0.2, 0) is 18.6 Å². The summed E-state index contributed by atoms with van der Waals surface area (Å²) < 4.78 is 40.1. The molecule has 8 nitrogen and oxygen atoms in total. The molecule has 0 saturated heterocycles. The Morgan fingerprint density at radius 1 is 1.15 bits per heavy atom. The molecule has 174 valence electrons. The maximum Gasteiger partial charge on any atom is 0.160 e. The van der Waals surface area contributed by atoms with E-state index in [0.29, 0.717) is 24.5 Å². The number of rotatable bonds is 11. The third-order valence-electron chi connectivity index (χ3n) is 5.27. The van der Waals surface area contributed by atoms with Crippen LogP contribution in [0.25, 0.3) is 0 Å². The fourth-order valence-electron chi connectivity index (χ4n) is 3.68. The smallest absolute Gasteiger partial charge is 0.160 e. The molecule has 3 aromatic rings. The van der Waals surface area contributed by atoms with E-state index in [1.54, 1.807) is 25.2 Å². The number of hydrogen-bond acceptors (Lipinski definition) is 7. The number of halogens is 2. The van der Waals surface area contributed by atoms with Crippen molar-refractivity contribution in [3.8, 4) is 17.6 Å². The first kappa shape index (κ1) is 24.1. The van der Waals surface area contributed by atoms with E-state index in [9.17, 15) is 19.1 Å². The van der Waals surface area contributed by atoms with E-state index in [-0.39, 0.29) is 25.2 Å². The summed E-state index contributed by atoms with van der Waals surface area (Å²) in [6.45, 7) is 0.172. The molecular formula is C23H25F2N5O3. The van der Waals surface area contributed by atoms with Crippen molar-refractivity contribution in [3.63, 3.8) is 0 Å². The number of nitriles is 1. The number of aromatic nitrogens is 3. The Morgan fingerprint density at radius 2 is 1.94 bits per heavy atom. The minimum atomic E-state index is -1.79. The molecular weight excluding hydrogens is 432 g/mol. The highest BCUT2D eigenvalue weighted by Crippen LogP contribution is 2.29. The molecule has 0 spiro atoms. The van der Waals surface area contributed by atoms with Crippen LogP contribution in [0.1, 0.15) is 11.1 Å². The fraction of sp³-hybridized carbons (Fsp3) is 0.348. The highest BCUT2D eigenvalue weighted by atomic mass is 19.1. The summed E-state index contributed by atoms with van der Waals surface area (Å²) in [5.41, 5.74) is -0.947. The van der Waals surface area contributed by atoms with Gasteiger partial charge in [-0.15, -0.1) is 0 Å². The van der Waals surface area contributed by atoms with Crippen LogP contribution in [0.2, 0.25) is 0 Å². The molecule has 2 aromatic carbocycles. The molecule has 1 N–H and O–H groups in total. The van der Waals surface area contributed by atoms with Crippen molar-refractivity contribution < 1.29 is 23.4 Å². The number of aliphatic hydroxyl groups is 1. The molecule has 1 atom stereocenters. The zero-order valence-corrected chi connectivity index (χ0v) is 18.4. The minimum absolute atomic E-state index is 0.00420. The van der Waals surface area contributed by atoms with E-state index in [1.807, 2.05) is 12.1 Å². The van der Waals surface area contributed by atoms with E-state index in [1.165, 1.54) is 23.4 Å². The summed E-state index contributed by atoms with van der Waals surface area (Å²) >= 11 is 0. The van der Waals surface area contributed by atoms with Crippen LogP contribution in [0.15, 0.2) is 49.1 Å². The van der Waals surface area contributed by atoms with Crippen molar-refractivity contribution in [3.05, 3.63) is 71.8 Å². The number of nitrogens with zero attached hydrogens (tertiary/aromatic N) is 5. The third kappa shape index (κ3) is 6.03. The maximum absolute atomic E-state index is 14.7. The van der Waals surface area contributed by atoms with Gasteiger partial charge in [-0.2, -0.15) is 10.4 Å². The van der Waals surface area contributed by atoms with E-state index < -0.39 is 17.2 Å². The molecule has 1 aromatic heterocycles. The minimum Gasteiger partial charge on any atom is -0.493 e. The monoisotopic (exact) mass is 457 g/mol. The van der Waals surface area contributed by atoms with Crippen LogP contribution in [0.3, 0.4) is 0 Å². The first-order valence-corrected chi connectivity index (χ1v) is 10.2. The van der Waals surface area contributed by atoms with Gasteiger partial charge in [-0.05, 0) is 30.2 Å². The lowest BCUT2D eigenvalue weighted by molar-refractivity contribution is -0.0185. The second-order valence-electron chi connectivity index (χ2n) is 7.56. The van der Waals surface area contributed by atoms with Gasteiger partial charge in [0, 0.05) is 24.7 Å². The summed E-state index contributed by atoms with van der Waals surface area (Å²) in [5, 5.41) is 24.9. The van der Waals surface area contributed by atoms with Gasteiger partial charge in [0.2, 0.25) is 0 Å². The molecule has 0 amide bonds. The van der Waals surface area contributed by atoms with Crippen LogP contribution in [-0.4, -0.2) is 58.6 Å². The van der Waals surface area contributed by atoms with Crippen LogP contribution < -0.4 is 9.47 Å². The molecule has 0 bridgehead atoms. The fourth-order valence-corrected chi connectivity index (χ4v) is 3.68. The SMILES string of the molecule is COc1ccc(CCN(CC#N)CC(O)(Cn2cncn2)c2ccc(F)cc2F)cc1OC. The van der Waals surface area contributed by atoms with Gasteiger partial charge in [-0.3, -0.25) is 4.90 Å². The quantitative estimate of drug-likeness (QED) is 0.442. The highest BCUT2D eigenvalue weighted by Gasteiger charge is 2.35. The number of ether oxygens (including phenoxy) is 2. The van der Waals surface area contributed by atoms with Crippen LogP contribution >= 0.6 is 0 Å². The van der Waals surface area contributed by atoms with E-state index in [0.717, 1.165) is 17.7 Å². The lowest BCUT2D eigenvalue weighted by Gasteiger charge is -2.34. The van der Waals surface area contributed by atoms with Crippen molar-refractivity contribution in [2.75, 3.05) is 33.9 Å². The van der Waals surface area contributed by atoms with Crippen LogP contribution in [0.4, 0.5) is 8.78 Å². The molecule has 0 aliphatic carbocycles. The molecule has 33 heavy (non-hydrogen) atoms. The van der Waals surface area contributed by atoms with E-state index in [4.69, 9.17) is 9.47 Å². The summed E-state index contributed by atoms with van der Waals surface area (Å²) in [4.78, 5) is 5.56. The second kappa shape index (κ2) is 10.8. The van der Waals surface area contributed by atoms with Crippen molar-refractivity contribution >= 4 is 0 Å². The Morgan fingerprint density at radius 3 is 2.58 bits per heavy atom. The Balaban J connectivity index is 1.84. The second-order valence-corrected chi connectivity index (χ2v) is 7.56. The van der Waals surface area contributed by atoms with E-state index in [2.05, 4.69) is 16.2 Å². The van der Waals surface area contributed by atoms with Crippen LogP contribution in [0.5, 0.6) is 11.5 Å². The van der Waals surface area contributed by atoms with E-state index >= 15 is 0 Å². The Hall–Kier alpha value is -3.55. The van der Waals surface area contributed by atoms with Crippen LogP contribution in [0, 0.1) is 23.0 Å². The first-order chi connectivity index (χ1) is 15.9. The lowest BCUT2D eigenvalue weighted by atomic mass is 9.92. The predicted octanol–water partition coefficient (Wildman–Crippen LogP) is 2.53. The topological polar surface area (TPSA) is 96.4 Å². The highest BCUT2D eigenvalue weighted by molar-refractivity contribution is 5.43. The molecule has 0 aliphatic heterocycles. The standard InChI is InChI=1S/C23H25F2N5O3/c1-32-21-6-3-17(11-22(21)33-2)7-9-29(10-8-26)13-23(31,14-30-16-27-15-28-30)19-5-4-18(24)12-20(19)25/h3-6,11-12,15-16,31H,7,9-10,13-14H2,1-2H3. The third-order valence-corrected chi connectivity index (χ3v) is 5.27. The number of benzene rings is 2. The normalized spacial score (nSPS) is 12.9. The lowest BCUT2D eigenvalue weighted by Crippen LogP contribution is -2.45. The molecule has 0 fully saturated rings. The van der Waals surface area contributed by atoms with Gasteiger partial charge < -0.3 is 14.6 Å². The maximum atomic E-state index is 14.7. The Bertz CT molecular complexity index is 1100. The number of methoxy groups -OCH3 is 2. The van der Waals surface area contributed by atoms with Gasteiger partial charge in [0.15, 0.2) is 11.5 Å². The molecule has 1 heterocycles. The Kier molecular flexibility index (Phi) is 7.92. The van der Waals surface area contributed by atoms with Gasteiger partial charge >= 0.3 is 0 Å². The van der Waals surface area contributed by atoms with Gasteiger partial charge in [-0.25, -0.2) is 18.4 Å². The molecule has 10 heteroatoms. The van der Waals surface area contributed by atoms with Gasteiger partial charge in [0.25, 0.3) is 0 Å². The van der Waals surface area contributed by atoms with Gasteiger partial charge in [0.1, 0.15) is 29.9 Å². The summed E-state index contributed by atoms with van der Waals surface area (Å²) in [5.74, 6) is -0.446. The average molecular weight is 457 g/mol. The zero-order valence-electron chi connectivity index (χ0n) is 18.4. The van der Waals surface area contributed by atoms with Crippen molar-refractivity contribution in [1.82, 2.24) is 19.7 Å². The Labute approximate surface area is 190 Å². The molecule has 0 aliphatic rings. The molecule has 1 unspecified atom stereocenters. The molecule has 3 rings (SSSR count). The summed E-state index contributed by atoms with van der Waals surface area (Å²) in [6, 6.07) is 10.6.